The van der Waals surface area contributed by atoms with E-state index in [2.05, 4.69) is 262 Å². The zero-order valence-electron chi connectivity index (χ0n) is 54.7. The highest BCUT2D eigenvalue weighted by Crippen LogP contribution is 2.62. The summed E-state index contributed by atoms with van der Waals surface area (Å²) in [6.45, 7) is 23.3. The lowest BCUT2D eigenvalue weighted by atomic mass is 9.71. The first-order valence-electron chi connectivity index (χ1n) is 34.7. The molecule has 0 spiro atoms. The molecule has 0 nitrogen and oxygen atoms in total. The van der Waals surface area contributed by atoms with Crippen molar-refractivity contribution in [3.8, 4) is 77.9 Å². The lowest BCUT2D eigenvalue weighted by Crippen LogP contribution is -2.25. The van der Waals surface area contributed by atoms with Crippen molar-refractivity contribution in [2.75, 3.05) is 0 Å². The average Bonchev–Trinajstić information content (AvgIpc) is 0.932. The van der Waals surface area contributed by atoms with Gasteiger partial charge < -0.3 is 0 Å². The smallest absolute Gasteiger partial charge is 0.0210 e. The van der Waals surface area contributed by atoms with E-state index in [-0.39, 0.29) is 21.7 Å². The highest BCUT2D eigenvalue weighted by Gasteiger charge is 2.46. The molecule has 0 unspecified atom stereocenters. The Kier molecular flexibility index (Phi) is 13.2. The molecule has 444 valence electrons. The summed E-state index contributed by atoms with van der Waals surface area (Å²) < 4.78 is 0. The normalized spacial score (nSPS) is 16.2. The standard InChI is InChI=1S/C88H78.C2H6/c1-9-85(10-2)71-37-21-17-29-63(71)81-59(33-25-41-75(81)85)53-45-57-46-54(60-34-26-42-76-82(60)64-30-18-22-38-72(64)86(76,11-3)12-4)51-69-70-52-56(62-36-28-44-78-84(62)66-32-20-24-40-74(66)88(78,15-7)16-8)48-58-47-55(50-68(80(58)70)67(49-53)79(57)69)61-35-27-43-77-83(61)65-31-19-23-39-73(65)87(77,13-5)14-6;1-2/h17-23,25-39,41-52H,9-16,24,40H2,1-8H3;1-2H3. The van der Waals surface area contributed by atoms with Crippen LogP contribution in [0.1, 0.15) is 178 Å². The Balaban J connectivity index is 0.00000321. The predicted octanol–water partition coefficient (Wildman–Crippen LogP) is 25.9. The van der Waals surface area contributed by atoms with Gasteiger partial charge in [0.25, 0.3) is 0 Å². The van der Waals surface area contributed by atoms with Crippen molar-refractivity contribution in [2.45, 2.75) is 155 Å². The van der Waals surface area contributed by atoms with Crippen LogP contribution < -0.4 is 0 Å². The molecule has 0 heterocycles. The van der Waals surface area contributed by atoms with Crippen LogP contribution in [-0.4, -0.2) is 0 Å². The van der Waals surface area contributed by atoms with Crippen molar-refractivity contribution in [3.05, 3.63) is 256 Å². The zero-order chi connectivity index (χ0) is 61.6. The molecule has 12 aromatic rings. The van der Waals surface area contributed by atoms with E-state index < -0.39 is 0 Å². The van der Waals surface area contributed by atoms with Crippen molar-refractivity contribution in [3.63, 3.8) is 0 Å². The number of benzene rings is 12. The Morgan fingerprint density at radius 3 is 0.889 bits per heavy atom. The van der Waals surface area contributed by atoms with Crippen LogP contribution >= 0.6 is 0 Å². The summed E-state index contributed by atoms with van der Waals surface area (Å²) in [5.74, 6) is 0. The van der Waals surface area contributed by atoms with E-state index in [1.165, 1.54) is 171 Å². The Hall–Kier alpha value is -8.58. The highest BCUT2D eigenvalue weighted by molar-refractivity contribution is 6.35. The highest BCUT2D eigenvalue weighted by atomic mass is 14.5. The van der Waals surface area contributed by atoms with Gasteiger partial charge in [-0.25, -0.2) is 0 Å². The molecule has 0 aromatic heterocycles. The molecule has 0 bridgehead atoms. The van der Waals surface area contributed by atoms with Crippen LogP contribution in [0.3, 0.4) is 0 Å². The van der Waals surface area contributed by atoms with E-state index in [1.54, 1.807) is 5.57 Å². The molecule has 17 rings (SSSR count). The Labute approximate surface area is 534 Å². The third-order valence-electron chi connectivity index (χ3n) is 24.2. The van der Waals surface area contributed by atoms with Crippen molar-refractivity contribution in [1.29, 1.82) is 0 Å². The maximum atomic E-state index is 2.63. The van der Waals surface area contributed by atoms with E-state index in [0.29, 0.717) is 0 Å². The van der Waals surface area contributed by atoms with E-state index in [1.807, 2.05) is 13.8 Å². The second-order valence-electron chi connectivity index (χ2n) is 26.8. The average molecular weight is 1170 g/mol. The molecule has 90 heavy (non-hydrogen) atoms. The number of hydrogen-bond donors (Lipinski definition) is 0. The maximum absolute atomic E-state index is 2.63. The van der Waals surface area contributed by atoms with E-state index in [4.69, 9.17) is 0 Å². The molecule has 0 N–H and O–H groups in total. The van der Waals surface area contributed by atoms with Gasteiger partial charge in [0.1, 0.15) is 0 Å². The molecular weight excluding hydrogens is 1080 g/mol. The van der Waals surface area contributed by atoms with Crippen LogP contribution in [0.2, 0.25) is 0 Å². The van der Waals surface area contributed by atoms with E-state index in [0.717, 1.165) is 64.2 Å². The summed E-state index contributed by atoms with van der Waals surface area (Å²) in [5, 5.41) is 10.6. The largest absolute Gasteiger partial charge is 0.0836 e. The van der Waals surface area contributed by atoms with Gasteiger partial charge in [-0.05, 0) is 284 Å². The van der Waals surface area contributed by atoms with Gasteiger partial charge in [-0.1, -0.05) is 233 Å². The molecule has 0 atom stereocenters. The first kappa shape index (κ1) is 56.6. The SMILES string of the molecule is CC.CCC1(CC)C2=C(C=CCC2)c2c(-c3cc4cc(-c5cccc6c5-c5ccccc5C6(CC)CC)cc5c6cc(-c7cccc8c7-c7ccccc7C8(CC)CC)cc7cc(-c8cccc9c8-c8ccccc8C9(CC)CC)cc(c(c3)c45)c76)cccc21. The second-order valence-corrected chi connectivity index (χ2v) is 26.8. The van der Waals surface area contributed by atoms with Crippen molar-refractivity contribution < 1.29 is 0 Å². The maximum Gasteiger partial charge on any atom is 0.0210 e. The number of fused-ring (bicyclic) bond motifs is 13. The van der Waals surface area contributed by atoms with Crippen LogP contribution in [0.15, 0.2) is 212 Å². The third-order valence-corrected chi connectivity index (χ3v) is 24.2. The lowest BCUT2D eigenvalue weighted by molar-refractivity contribution is 0.462. The zero-order valence-corrected chi connectivity index (χ0v) is 54.7. The minimum absolute atomic E-state index is 0.0389. The van der Waals surface area contributed by atoms with Crippen LogP contribution in [0.5, 0.6) is 0 Å². The van der Waals surface area contributed by atoms with Crippen LogP contribution in [0, 0.1) is 0 Å². The van der Waals surface area contributed by atoms with Crippen LogP contribution in [0.4, 0.5) is 0 Å². The summed E-state index contributed by atoms with van der Waals surface area (Å²) in [6, 6.07) is 78.0. The number of allylic oxidation sites excluding steroid dienone is 4. The minimum Gasteiger partial charge on any atom is -0.0836 e. The van der Waals surface area contributed by atoms with Gasteiger partial charge >= 0.3 is 0 Å². The van der Waals surface area contributed by atoms with Crippen LogP contribution in [-0.2, 0) is 21.7 Å². The van der Waals surface area contributed by atoms with Gasteiger partial charge in [0.15, 0.2) is 0 Å². The summed E-state index contributed by atoms with van der Waals surface area (Å²) in [7, 11) is 0. The van der Waals surface area contributed by atoms with Crippen LogP contribution in [0.25, 0.3) is 127 Å². The van der Waals surface area contributed by atoms with Gasteiger partial charge in [-0.15, -0.1) is 0 Å². The Morgan fingerprint density at radius 2 is 0.567 bits per heavy atom. The first-order chi connectivity index (χ1) is 44.2. The minimum atomic E-state index is -0.0404. The molecule has 0 amide bonds. The molecule has 0 saturated carbocycles. The molecule has 0 radical (unpaired) electrons. The summed E-state index contributed by atoms with van der Waals surface area (Å²) in [4.78, 5) is 0. The molecule has 5 aliphatic carbocycles. The van der Waals surface area contributed by atoms with Crippen molar-refractivity contribution >= 4 is 48.7 Å². The second kappa shape index (κ2) is 21.0. The lowest BCUT2D eigenvalue weighted by Gasteiger charge is -2.33. The van der Waals surface area contributed by atoms with Gasteiger partial charge in [0.05, 0.1) is 0 Å². The fourth-order valence-corrected chi connectivity index (χ4v) is 19.9. The molecule has 12 aromatic carbocycles. The summed E-state index contributed by atoms with van der Waals surface area (Å²) in [5.41, 5.74) is 33.7. The monoisotopic (exact) mass is 1160 g/mol. The van der Waals surface area contributed by atoms with Gasteiger partial charge in [-0.3, -0.25) is 0 Å². The Morgan fingerprint density at radius 1 is 0.289 bits per heavy atom. The first-order valence-corrected chi connectivity index (χ1v) is 34.7. The molecule has 0 heteroatoms. The summed E-state index contributed by atoms with van der Waals surface area (Å²) >= 11 is 0. The molecule has 0 aliphatic heterocycles. The quantitative estimate of drug-likeness (QED) is 0.0845. The van der Waals surface area contributed by atoms with Crippen molar-refractivity contribution in [1.82, 2.24) is 0 Å². The number of hydrogen-bond acceptors (Lipinski definition) is 0. The fourth-order valence-electron chi connectivity index (χ4n) is 19.9. The van der Waals surface area contributed by atoms with Gasteiger partial charge in [0, 0.05) is 21.7 Å². The number of rotatable bonds is 12. The topological polar surface area (TPSA) is 0 Å². The van der Waals surface area contributed by atoms with Gasteiger partial charge in [0.2, 0.25) is 0 Å². The van der Waals surface area contributed by atoms with Gasteiger partial charge in [-0.2, -0.15) is 0 Å². The molecular formula is C90H84. The molecule has 0 saturated heterocycles. The van der Waals surface area contributed by atoms with E-state index >= 15 is 0 Å². The molecule has 5 aliphatic rings. The molecule has 0 fully saturated rings. The third kappa shape index (κ3) is 7.26. The Bertz CT molecular complexity index is 5000. The predicted molar refractivity (Wildman–Crippen MR) is 389 cm³/mol. The fraction of sp³-hybridized carbons (Fsp3) is 0.267. The summed E-state index contributed by atoms with van der Waals surface area (Å²) in [6.07, 6.45) is 15.7. The van der Waals surface area contributed by atoms with Crippen molar-refractivity contribution in [2.24, 2.45) is 0 Å². The van der Waals surface area contributed by atoms with E-state index in [9.17, 15) is 0 Å².